The number of aromatic hydroxyl groups is 1. The fourth-order valence-corrected chi connectivity index (χ4v) is 2.77. The van der Waals surface area contributed by atoms with Crippen molar-refractivity contribution in [3.63, 3.8) is 0 Å². The second kappa shape index (κ2) is 13.5. The van der Waals surface area contributed by atoms with E-state index in [0.29, 0.717) is 25.2 Å². The van der Waals surface area contributed by atoms with Gasteiger partial charge in [0.05, 0.1) is 6.61 Å². The monoisotopic (exact) mass is 346 g/mol. The van der Waals surface area contributed by atoms with Crippen molar-refractivity contribution in [3.8, 4) is 11.5 Å². The first-order chi connectivity index (χ1) is 12.2. The molecule has 0 bridgehead atoms. The highest BCUT2D eigenvalue weighted by molar-refractivity contribution is 5.89. The van der Waals surface area contributed by atoms with E-state index in [1.807, 2.05) is 25.1 Å². The molecule has 0 saturated heterocycles. The van der Waals surface area contributed by atoms with E-state index in [-0.39, 0.29) is 11.5 Å². The minimum Gasteiger partial charge on any atom is -0.504 e. The van der Waals surface area contributed by atoms with Gasteiger partial charge in [0.25, 0.3) is 0 Å². The van der Waals surface area contributed by atoms with Crippen LogP contribution < -0.4 is 4.74 Å². The number of carbonyl (C=O) groups is 1. The summed E-state index contributed by atoms with van der Waals surface area (Å²) in [6.07, 6.45) is 15.0. The average Bonchev–Trinajstić information content (AvgIpc) is 2.61. The van der Waals surface area contributed by atoms with Gasteiger partial charge in [-0.25, -0.2) is 0 Å². The van der Waals surface area contributed by atoms with Crippen LogP contribution in [0.15, 0.2) is 30.4 Å². The minimum atomic E-state index is 0.145. The van der Waals surface area contributed by atoms with E-state index in [0.717, 1.165) is 12.0 Å². The molecule has 0 atom stereocenters. The Balaban J connectivity index is 2.19. The van der Waals surface area contributed by atoms with Crippen LogP contribution in [0.4, 0.5) is 0 Å². The smallest absolute Gasteiger partial charge is 0.161 e. The molecule has 3 nitrogen and oxygen atoms in total. The number of ketones is 1. The Hall–Kier alpha value is -1.77. The topological polar surface area (TPSA) is 46.5 Å². The molecule has 0 aromatic heterocycles. The van der Waals surface area contributed by atoms with Crippen LogP contribution in [-0.2, 0) is 11.2 Å². The van der Waals surface area contributed by atoms with E-state index in [1.165, 1.54) is 44.9 Å². The number of hydrogen-bond acceptors (Lipinski definition) is 3. The highest BCUT2D eigenvalue weighted by Crippen LogP contribution is 2.27. The molecule has 1 N–H and O–H groups in total. The van der Waals surface area contributed by atoms with Crippen molar-refractivity contribution in [2.75, 3.05) is 6.61 Å². The number of allylic oxidation sites excluding steroid dienone is 2. The Labute approximate surface area is 153 Å². The van der Waals surface area contributed by atoms with Crippen LogP contribution in [-0.4, -0.2) is 17.5 Å². The first-order valence-electron chi connectivity index (χ1n) is 9.81. The van der Waals surface area contributed by atoms with Crippen LogP contribution >= 0.6 is 0 Å². The van der Waals surface area contributed by atoms with Crippen LogP contribution in [0.1, 0.15) is 77.2 Å². The molecule has 3 heteroatoms. The molecule has 0 saturated carbocycles. The molecule has 0 aliphatic rings. The zero-order chi connectivity index (χ0) is 18.3. The second-order valence-electron chi connectivity index (χ2n) is 6.51. The Morgan fingerprint density at radius 1 is 1.08 bits per heavy atom. The number of hydrogen-bond donors (Lipinski definition) is 1. The minimum absolute atomic E-state index is 0.145. The van der Waals surface area contributed by atoms with Gasteiger partial charge in [-0.1, -0.05) is 57.6 Å². The van der Waals surface area contributed by atoms with Gasteiger partial charge in [0.15, 0.2) is 17.3 Å². The fourth-order valence-electron chi connectivity index (χ4n) is 2.77. The zero-order valence-corrected chi connectivity index (χ0v) is 15.9. The Morgan fingerprint density at radius 2 is 1.80 bits per heavy atom. The third-order valence-electron chi connectivity index (χ3n) is 4.26. The van der Waals surface area contributed by atoms with Crippen LogP contribution in [0, 0.1) is 0 Å². The number of phenols is 1. The van der Waals surface area contributed by atoms with Gasteiger partial charge >= 0.3 is 0 Å². The number of unbranched alkanes of at least 4 members (excludes halogenated alkanes) is 7. The fraction of sp³-hybridized carbons (Fsp3) is 0.591. The SMILES string of the molecule is CCCCCCCCCC=CC(=O)CCc1ccc(O)c(OCC)c1. The Kier molecular flexibility index (Phi) is 11.5. The van der Waals surface area contributed by atoms with Crippen LogP contribution in [0.2, 0.25) is 0 Å². The number of aryl methyl sites for hydroxylation is 1. The van der Waals surface area contributed by atoms with E-state index in [9.17, 15) is 9.90 Å². The average molecular weight is 347 g/mol. The quantitative estimate of drug-likeness (QED) is 0.332. The zero-order valence-electron chi connectivity index (χ0n) is 15.9. The molecule has 0 aliphatic carbocycles. The Morgan fingerprint density at radius 3 is 2.52 bits per heavy atom. The lowest BCUT2D eigenvalue weighted by Crippen LogP contribution is -1.98. The molecule has 0 heterocycles. The molecule has 1 aromatic carbocycles. The van der Waals surface area contributed by atoms with Crippen molar-refractivity contribution in [3.05, 3.63) is 35.9 Å². The van der Waals surface area contributed by atoms with Crippen LogP contribution in [0.3, 0.4) is 0 Å². The summed E-state index contributed by atoms with van der Waals surface area (Å²) >= 11 is 0. The van der Waals surface area contributed by atoms with Crippen molar-refractivity contribution in [1.29, 1.82) is 0 Å². The molecule has 0 radical (unpaired) electrons. The van der Waals surface area contributed by atoms with Crippen molar-refractivity contribution >= 4 is 5.78 Å². The largest absolute Gasteiger partial charge is 0.504 e. The first kappa shape index (κ1) is 21.3. The lowest BCUT2D eigenvalue weighted by atomic mass is 10.1. The summed E-state index contributed by atoms with van der Waals surface area (Å²) in [6, 6.07) is 5.28. The van der Waals surface area contributed by atoms with Gasteiger partial charge in [-0.15, -0.1) is 0 Å². The summed E-state index contributed by atoms with van der Waals surface area (Å²) in [7, 11) is 0. The van der Waals surface area contributed by atoms with E-state index in [2.05, 4.69) is 6.92 Å². The molecule has 0 amide bonds. The van der Waals surface area contributed by atoms with Crippen LogP contribution in [0.5, 0.6) is 11.5 Å². The molecule has 0 aliphatic heterocycles. The van der Waals surface area contributed by atoms with Crippen molar-refractivity contribution in [2.24, 2.45) is 0 Å². The lowest BCUT2D eigenvalue weighted by molar-refractivity contribution is -0.114. The number of carbonyl (C=O) groups excluding carboxylic acids is 1. The maximum atomic E-state index is 11.9. The number of rotatable bonds is 14. The van der Waals surface area contributed by atoms with Gasteiger partial charge in [-0.2, -0.15) is 0 Å². The predicted molar refractivity (Wildman–Crippen MR) is 104 cm³/mol. The van der Waals surface area contributed by atoms with Crippen LogP contribution in [0.25, 0.3) is 0 Å². The summed E-state index contributed by atoms with van der Waals surface area (Å²) in [6.45, 7) is 4.63. The molecular weight excluding hydrogens is 312 g/mol. The van der Waals surface area contributed by atoms with E-state index >= 15 is 0 Å². The molecule has 1 rings (SSSR count). The maximum absolute atomic E-state index is 11.9. The number of phenolic OH excluding ortho intramolecular Hbond substituents is 1. The van der Waals surface area contributed by atoms with Gasteiger partial charge in [0.2, 0.25) is 0 Å². The van der Waals surface area contributed by atoms with Crippen molar-refractivity contribution in [1.82, 2.24) is 0 Å². The Bertz CT molecular complexity index is 520. The molecule has 1 aromatic rings. The summed E-state index contributed by atoms with van der Waals surface area (Å²) < 4.78 is 5.37. The predicted octanol–water partition coefficient (Wildman–Crippen LogP) is 5.99. The van der Waals surface area contributed by atoms with E-state index in [1.54, 1.807) is 12.1 Å². The molecular formula is C22H34O3. The summed E-state index contributed by atoms with van der Waals surface area (Å²) in [5.41, 5.74) is 1.01. The van der Waals surface area contributed by atoms with Gasteiger partial charge < -0.3 is 9.84 Å². The summed E-state index contributed by atoms with van der Waals surface area (Å²) in [5, 5.41) is 9.69. The van der Waals surface area contributed by atoms with Crippen molar-refractivity contribution in [2.45, 2.75) is 78.1 Å². The molecule has 0 unspecified atom stereocenters. The highest BCUT2D eigenvalue weighted by Gasteiger charge is 2.05. The molecule has 0 fully saturated rings. The van der Waals surface area contributed by atoms with E-state index in [4.69, 9.17) is 4.74 Å². The third-order valence-corrected chi connectivity index (χ3v) is 4.26. The maximum Gasteiger partial charge on any atom is 0.161 e. The normalized spacial score (nSPS) is 11.1. The lowest BCUT2D eigenvalue weighted by Gasteiger charge is -2.07. The third kappa shape index (κ3) is 9.96. The van der Waals surface area contributed by atoms with Crippen molar-refractivity contribution < 1.29 is 14.6 Å². The van der Waals surface area contributed by atoms with Gasteiger partial charge in [-0.05, 0) is 50.0 Å². The summed E-state index contributed by atoms with van der Waals surface area (Å²) in [4.78, 5) is 11.9. The van der Waals surface area contributed by atoms with Gasteiger partial charge in [0.1, 0.15) is 0 Å². The molecule has 0 spiro atoms. The van der Waals surface area contributed by atoms with E-state index < -0.39 is 0 Å². The first-order valence-corrected chi connectivity index (χ1v) is 9.81. The van der Waals surface area contributed by atoms with Gasteiger partial charge in [0, 0.05) is 6.42 Å². The second-order valence-corrected chi connectivity index (χ2v) is 6.51. The summed E-state index contributed by atoms with van der Waals surface area (Å²) in [5.74, 6) is 0.794. The number of benzene rings is 1. The molecule has 140 valence electrons. The number of ether oxygens (including phenoxy) is 1. The molecule has 25 heavy (non-hydrogen) atoms. The standard InChI is InChI=1S/C22H34O3/c1-3-5-6-7-8-9-10-11-12-13-20(23)16-14-19-15-17-21(24)22(18-19)25-4-2/h12-13,15,17-18,24H,3-11,14,16H2,1-2H3. The highest BCUT2D eigenvalue weighted by atomic mass is 16.5. The van der Waals surface area contributed by atoms with Gasteiger partial charge in [-0.3, -0.25) is 4.79 Å².